The van der Waals surface area contributed by atoms with Crippen LogP contribution in [0.2, 0.25) is 0 Å². The molecule has 0 spiro atoms. The minimum atomic E-state index is -0.551. The summed E-state index contributed by atoms with van der Waals surface area (Å²) in [4.78, 5) is 52.3. The molecule has 2 heterocycles. The second-order valence-electron chi connectivity index (χ2n) is 11.0. The lowest BCUT2D eigenvalue weighted by atomic mass is 9.93. The van der Waals surface area contributed by atoms with Crippen molar-refractivity contribution in [3.63, 3.8) is 0 Å². The SMILES string of the molecule is COC(=O)c1ccc2c(=O)c3c(ccc4ccc(-c5cc6ccccc6c6c(=O)c7cc(C(=O)OC)ccc7oc56)cc43)oc2c1. The Hall–Kier alpha value is -6.28. The van der Waals surface area contributed by atoms with E-state index >= 15 is 0 Å². The molecule has 0 aliphatic carbocycles. The standard InChI is InChI=1S/C38H22O8/c1-43-37(41)22-11-13-29-28(17-22)35(40)33-24-6-4-3-5-20(24)16-27(36(33)46-29)21-8-7-19-10-14-30-32(26(19)15-21)34(39)25-12-9-23(38(42)44-2)18-31(25)45-30/h3-18H,1-2H3. The van der Waals surface area contributed by atoms with Crippen LogP contribution in [0.3, 0.4) is 0 Å². The number of hydrogen-bond donors (Lipinski definition) is 0. The molecule has 0 amide bonds. The predicted molar refractivity (Wildman–Crippen MR) is 177 cm³/mol. The van der Waals surface area contributed by atoms with E-state index in [0.29, 0.717) is 49.2 Å². The summed E-state index contributed by atoms with van der Waals surface area (Å²) in [5, 5.41) is 4.39. The van der Waals surface area contributed by atoms with Crippen LogP contribution in [0.15, 0.2) is 115 Å². The monoisotopic (exact) mass is 606 g/mol. The van der Waals surface area contributed by atoms with Crippen LogP contribution in [-0.4, -0.2) is 26.2 Å². The number of methoxy groups -OCH3 is 2. The molecular formula is C38H22O8. The molecule has 8 aromatic rings. The van der Waals surface area contributed by atoms with E-state index < -0.39 is 11.9 Å². The average molecular weight is 607 g/mol. The number of ether oxygens (including phenoxy) is 2. The number of hydrogen-bond acceptors (Lipinski definition) is 8. The van der Waals surface area contributed by atoms with Gasteiger partial charge in [-0.3, -0.25) is 9.59 Å². The van der Waals surface area contributed by atoms with E-state index in [1.165, 1.54) is 32.4 Å². The molecule has 0 atom stereocenters. The van der Waals surface area contributed by atoms with E-state index in [4.69, 9.17) is 18.3 Å². The van der Waals surface area contributed by atoms with Gasteiger partial charge < -0.3 is 18.3 Å². The Kier molecular flexibility index (Phi) is 6.01. The summed E-state index contributed by atoms with van der Waals surface area (Å²) in [5.41, 5.74) is 2.76. The molecule has 0 unspecified atom stereocenters. The minimum Gasteiger partial charge on any atom is -0.465 e. The molecule has 6 aromatic carbocycles. The van der Waals surface area contributed by atoms with Crippen molar-refractivity contribution in [3.8, 4) is 11.1 Å². The van der Waals surface area contributed by atoms with Gasteiger partial charge in [0.25, 0.3) is 0 Å². The molecule has 46 heavy (non-hydrogen) atoms. The smallest absolute Gasteiger partial charge is 0.337 e. The zero-order valence-corrected chi connectivity index (χ0v) is 24.5. The first-order valence-corrected chi connectivity index (χ1v) is 14.4. The van der Waals surface area contributed by atoms with Gasteiger partial charge in [0.05, 0.1) is 46.9 Å². The lowest BCUT2D eigenvalue weighted by Gasteiger charge is -2.13. The van der Waals surface area contributed by atoms with Crippen molar-refractivity contribution in [1.82, 2.24) is 0 Å². The van der Waals surface area contributed by atoms with Gasteiger partial charge >= 0.3 is 11.9 Å². The molecule has 0 N–H and O–H groups in total. The maximum Gasteiger partial charge on any atom is 0.337 e. The van der Waals surface area contributed by atoms with Crippen LogP contribution in [0, 0.1) is 0 Å². The van der Waals surface area contributed by atoms with Crippen LogP contribution in [0.1, 0.15) is 20.7 Å². The van der Waals surface area contributed by atoms with Crippen LogP contribution < -0.4 is 10.9 Å². The third kappa shape index (κ3) is 4.00. The van der Waals surface area contributed by atoms with Gasteiger partial charge in [-0.05, 0) is 81.7 Å². The second kappa shape index (κ2) is 10.1. The van der Waals surface area contributed by atoms with Gasteiger partial charge in [0.1, 0.15) is 22.3 Å². The first-order valence-electron chi connectivity index (χ1n) is 14.4. The number of rotatable bonds is 3. The Balaban J connectivity index is 1.43. The van der Waals surface area contributed by atoms with Gasteiger partial charge in [-0.25, -0.2) is 9.59 Å². The quantitative estimate of drug-likeness (QED) is 0.114. The summed E-state index contributed by atoms with van der Waals surface area (Å²) in [6.07, 6.45) is 0. The zero-order chi connectivity index (χ0) is 31.7. The number of benzene rings is 6. The first-order chi connectivity index (χ1) is 22.4. The van der Waals surface area contributed by atoms with Gasteiger partial charge in [-0.2, -0.15) is 0 Å². The third-order valence-electron chi connectivity index (χ3n) is 8.47. The predicted octanol–water partition coefficient (Wildman–Crippen LogP) is 7.75. The number of carbonyl (C=O) groups is 2. The van der Waals surface area contributed by atoms with Crippen molar-refractivity contribution in [2.24, 2.45) is 0 Å². The fourth-order valence-corrected chi connectivity index (χ4v) is 6.24. The number of carbonyl (C=O) groups excluding carboxylic acids is 2. The highest BCUT2D eigenvalue weighted by Gasteiger charge is 2.20. The van der Waals surface area contributed by atoms with Crippen LogP contribution in [-0.2, 0) is 9.47 Å². The van der Waals surface area contributed by atoms with Gasteiger partial charge in [0.2, 0.25) is 10.9 Å². The Morgan fingerprint density at radius 2 is 1.24 bits per heavy atom. The topological polar surface area (TPSA) is 113 Å². The highest BCUT2D eigenvalue weighted by molar-refractivity contribution is 6.15. The lowest BCUT2D eigenvalue weighted by molar-refractivity contribution is 0.0592. The highest BCUT2D eigenvalue weighted by atomic mass is 16.5. The lowest BCUT2D eigenvalue weighted by Crippen LogP contribution is -2.07. The van der Waals surface area contributed by atoms with Crippen molar-refractivity contribution in [2.75, 3.05) is 14.2 Å². The van der Waals surface area contributed by atoms with Crippen LogP contribution in [0.4, 0.5) is 0 Å². The summed E-state index contributed by atoms with van der Waals surface area (Å²) in [6, 6.07) is 28.1. The molecule has 0 aliphatic rings. The average Bonchev–Trinajstić information content (AvgIpc) is 3.09. The summed E-state index contributed by atoms with van der Waals surface area (Å²) < 4.78 is 22.3. The minimum absolute atomic E-state index is 0.238. The molecule has 0 saturated heterocycles. The van der Waals surface area contributed by atoms with Crippen molar-refractivity contribution in [3.05, 3.63) is 129 Å². The Bertz CT molecular complexity index is 2750. The van der Waals surface area contributed by atoms with Crippen LogP contribution >= 0.6 is 0 Å². The van der Waals surface area contributed by atoms with Gasteiger partial charge in [0, 0.05) is 5.56 Å². The normalized spacial score (nSPS) is 11.6. The molecule has 0 saturated carbocycles. The fraction of sp³-hybridized carbons (Fsp3) is 0.0526. The van der Waals surface area contributed by atoms with Gasteiger partial charge in [-0.1, -0.05) is 42.5 Å². The molecular weight excluding hydrogens is 584 g/mol. The second-order valence-corrected chi connectivity index (χ2v) is 11.0. The molecule has 2 aromatic heterocycles. The van der Waals surface area contributed by atoms with Crippen molar-refractivity contribution in [1.29, 1.82) is 0 Å². The van der Waals surface area contributed by atoms with Gasteiger partial charge in [-0.15, -0.1) is 0 Å². The van der Waals surface area contributed by atoms with Gasteiger partial charge in [0.15, 0.2) is 0 Å². The van der Waals surface area contributed by atoms with Crippen molar-refractivity contribution >= 4 is 77.4 Å². The molecule has 222 valence electrons. The summed E-state index contributed by atoms with van der Waals surface area (Å²) in [6.45, 7) is 0. The van der Waals surface area contributed by atoms with Crippen LogP contribution in [0.5, 0.6) is 0 Å². The summed E-state index contributed by atoms with van der Waals surface area (Å²) in [5.74, 6) is -1.08. The Morgan fingerprint density at radius 1 is 0.543 bits per heavy atom. The largest absolute Gasteiger partial charge is 0.465 e. The van der Waals surface area contributed by atoms with E-state index in [0.717, 1.165) is 16.3 Å². The maximum absolute atomic E-state index is 14.1. The number of esters is 2. The Labute approximate surface area is 259 Å². The molecule has 8 nitrogen and oxygen atoms in total. The molecule has 0 radical (unpaired) electrons. The molecule has 8 heteroatoms. The first kappa shape index (κ1) is 27.3. The molecule has 0 aliphatic heterocycles. The summed E-state index contributed by atoms with van der Waals surface area (Å²) in [7, 11) is 2.58. The van der Waals surface area contributed by atoms with Crippen LogP contribution in [0.25, 0.3) is 76.5 Å². The molecule has 0 fully saturated rings. The third-order valence-corrected chi connectivity index (χ3v) is 8.47. The van der Waals surface area contributed by atoms with E-state index in [1.54, 1.807) is 24.3 Å². The van der Waals surface area contributed by atoms with E-state index in [9.17, 15) is 19.2 Å². The van der Waals surface area contributed by atoms with Crippen molar-refractivity contribution in [2.45, 2.75) is 0 Å². The van der Waals surface area contributed by atoms with E-state index in [2.05, 4.69) is 0 Å². The van der Waals surface area contributed by atoms with Crippen molar-refractivity contribution < 1.29 is 27.9 Å². The summed E-state index contributed by atoms with van der Waals surface area (Å²) >= 11 is 0. The fourth-order valence-electron chi connectivity index (χ4n) is 6.24. The van der Waals surface area contributed by atoms with E-state index in [-0.39, 0.29) is 33.0 Å². The maximum atomic E-state index is 14.1. The zero-order valence-electron chi connectivity index (χ0n) is 24.5. The molecule has 0 bridgehead atoms. The highest BCUT2D eigenvalue weighted by Crippen LogP contribution is 2.37. The van der Waals surface area contributed by atoms with E-state index in [1.807, 2.05) is 54.6 Å². The Morgan fingerprint density at radius 3 is 2.04 bits per heavy atom. The molecule has 8 rings (SSSR count). The number of fused-ring (bicyclic) bond motifs is 8.